The Balaban J connectivity index is 1.42. The minimum atomic E-state index is 0.291. The molecule has 4 aromatic carbocycles. The number of H-pyrrole nitrogens is 2. The van der Waals surface area contributed by atoms with Gasteiger partial charge in [-0.1, -0.05) is 38.1 Å². The molecule has 0 fully saturated rings. The molecule has 0 saturated heterocycles. The number of imidazole rings is 2. The van der Waals surface area contributed by atoms with Crippen molar-refractivity contribution in [3.63, 3.8) is 0 Å². The Labute approximate surface area is 217 Å². The molecular weight excluding hydrogens is 470 g/mol. The van der Waals surface area contributed by atoms with Crippen molar-refractivity contribution in [3.05, 3.63) is 78.9 Å². The number of aryl methyl sites for hydroxylation is 1. The first kappa shape index (κ1) is 21.2. The smallest absolute Gasteiger partial charge is 0.116 e. The first-order valence-corrected chi connectivity index (χ1v) is 12.8. The van der Waals surface area contributed by atoms with Gasteiger partial charge in [0.15, 0.2) is 0 Å². The zero-order valence-corrected chi connectivity index (χ0v) is 21.2. The number of hydrogen-bond acceptors (Lipinski definition) is 5. The molecule has 0 spiro atoms. The molecule has 0 bridgehead atoms. The molecule has 38 heavy (non-hydrogen) atoms. The summed E-state index contributed by atoms with van der Waals surface area (Å²) < 4.78 is 0. The molecule has 2 N–H and O–H groups in total. The summed E-state index contributed by atoms with van der Waals surface area (Å²) in [6, 6.07) is 17.3. The largest absolute Gasteiger partial charge is 0.342 e. The highest BCUT2D eigenvalue weighted by molar-refractivity contribution is 6.24. The minimum Gasteiger partial charge on any atom is -0.342 e. The van der Waals surface area contributed by atoms with Crippen LogP contribution in [-0.2, 0) is 0 Å². The van der Waals surface area contributed by atoms with Crippen molar-refractivity contribution in [2.24, 2.45) is 0 Å². The van der Waals surface area contributed by atoms with E-state index in [4.69, 9.17) is 15.0 Å². The van der Waals surface area contributed by atoms with Crippen molar-refractivity contribution in [2.45, 2.75) is 26.7 Å². The maximum atomic E-state index is 4.90. The van der Waals surface area contributed by atoms with Gasteiger partial charge in [-0.25, -0.2) is 19.9 Å². The minimum absolute atomic E-state index is 0.291. The van der Waals surface area contributed by atoms with Crippen LogP contribution in [0.5, 0.6) is 0 Å². The third kappa shape index (κ3) is 2.87. The van der Waals surface area contributed by atoms with Crippen molar-refractivity contribution in [1.82, 2.24) is 34.9 Å². The van der Waals surface area contributed by atoms with Crippen LogP contribution in [0, 0.1) is 6.92 Å². The summed E-state index contributed by atoms with van der Waals surface area (Å²) in [7, 11) is 0. The molecule has 8 aromatic rings. The second-order valence-electron chi connectivity index (χ2n) is 10.3. The number of rotatable bonds is 2. The van der Waals surface area contributed by atoms with E-state index in [1.54, 1.807) is 6.33 Å². The second kappa shape index (κ2) is 7.55. The number of pyridine rings is 1. The number of nitrogens with one attached hydrogen (secondary N) is 2. The fraction of sp³-hybridized carbons (Fsp3) is 0.129. The molecule has 7 nitrogen and oxygen atoms in total. The van der Waals surface area contributed by atoms with E-state index in [9.17, 15) is 0 Å². The van der Waals surface area contributed by atoms with E-state index < -0.39 is 0 Å². The summed E-state index contributed by atoms with van der Waals surface area (Å²) >= 11 is 0. The summed E-state index contributed by atoms with van der Waals surface area (Å²) in [4.78, 5) is 30.4. The normalized spacial score (nSPS) is 12.3. The lowest BCUT2D eigenvalue weighted by molar-refractivity contribution is 0.799. The summed E-state index contributed by atoms with van der Waals surface area (Å²) in [5.41, 5.74) is 8.01. The molecule has 0 aliphatic rings. The molecule has 4 aromatic heterocycles. The van der Waals surface area contributed by atoms with Crippen LogP contribution in [0.15, 0.2) is 67.3 Å². The van der Waals surface area contributed by atoms with Crippen molar-refractivity contribution in [3.8, 4) is 11.1 Å². The van der Waals surface area contributed by atoms with E-state index in [1.165, 1.54) is 0 Å². The van der Waals surface area contributed by atoms with Crippen LogP contribution < -0.4 is 0 Å². The maximum Gasteiger partial charge on any atom is 0.116 e. The van der Waals surface area contributed by atoms with Crippen LogP contribution in [0.4, 0.5) is 0 Å². The Bertz CT molecular complexity index is 2240. The third-order valence-electron chi connectivity index (χ3n) is 7.55. The van der Waals surface area contributed by atoms with Crippen LogP contribution in [0.3, 0.4) is 0 Å². The highest BCUT2D eigenvalue weighted by Crippen LogP contribution is 2.38. The second-order valence-corrected chi connectivity index (χ2v) is 10.3. The molecule has 8 rings (SSSR count). The number of hydrogen-bond donors (Lipinski definition) is 2. The monoisotopic (exact) mass is 493 g/mol. The lowest BCUT2D eigenvalue weighted by Gasteiger charge is -2.10. The molecule has 0 atom stereocenters. The lowest BCUT2D eigenvalue weighted by atomic mass is 9.95. The van der Waals surface area contributed by atoms with Gasteiger partial charge in [-0.3, -0.25) is 4.98 Å². The molecule has 0 saturated carbocycles. The Morgan fingerprint density at radius 1 is 0.658 bits per heavy atom. The molecule has 0 aliphatic heterocycles. The van der Waals surface area contributed by atoms with E-state index in [-0.39, 0.29) is 0 Å². The van der Waals surface area contributed by atoms with Gasteiger partial charge in [0.25, 0.3) is 0 Å². The van der Waals surface area contributed by atoms with E-state index in [2.05, 4.69) is 76.2 Å². The quantitative estimate of drug-likeness (QED) is 0.246. The fourth-order valence-electron chi connectivity index (χ4n) is 5.74. The number of benzene rings is 4. The lowest BCUT2D eigenvalue weighted by Crippen LogP contribution is -1.89. The van der Waals surface area contributed by atoms with Gasteiger partial charge in [-0.2, -0.15) is 0 Å². The average Bonchev–Trinajstić information content (AvgIpc) is 3.58. The predicted molar refractivity (Wildman–Crippen MR) is 153 cm³/mol. The van der Waals surface area contributed by atoms with Crippen LogP contribution in [0.1, 0.15) is 31.4 Å². The van der Waals surface area contributed by atoms with Crippen LogP contribution in [-0.4, -0.2) is 34.9 Å². The van der Waals surface area contributed by atoms with Crippen molar-refractivity contribution >= 4 is 65.4 Å². The van der Waals surface area contributed by atoms with Gasteiger partial charge in [-0.05, 0) is 47.7 Å². The fourth-order valence-corrected chi connectivity index (χ4v) is 5.74. The molecule has 4 heterocycles. The van der Waals surface area contributed by atoms with E-state index in [0.717, 1.165) is 88.2 Å². The summed E-state index contributed by atoms with van der Waals surface area (Å²) in [5, 5.41) is 6.51. The predicted octanol–water partition coefficient (Wildman–Crippen LogP) is 7.34. The average molecular weight is 494 g/mol. The van der Waals surface area contributed by atoms with Gasteiger partial charge < -0.3 is 9.97 Å². The molecule has 0 aliphatic carbocycles. The van der Waals surface area contributed by atoms with E-state index in [0.29, 0.717) is 5.92 Å². The highest BCUT2D eigenvalue weighted by atomic mass is 14.9. The maximum absolute atomic E-state index is 4.90. The van der Waals surface area contributed by atoms with E-state index in [1.807, 2.05) is 25.4 Å². The van der Waals surface area contributed by atoms with Crippen molar-refractivity contribution < 1.29 is 0 Å². The van der Waals surface area contributed by atoms with Crippen LogP contribution >= 0.6 is 0 Å². The Morgan fingerprint density at radius 3 is 2.24 bits per heavy atom. The number of fused-ring (bicyclic) bond motifs is 12. The van der Waals surface area contributed by atoms with Crippen LogP contribution in [0.2, 0.25) is 0 Å². The zero-order valence-electron chi connectivity index (χ0n) is 21.2. The van der Waals surface area contributed by atoms with Gasteiger partial charge in [0.1, 0.15) is 29.0 Å². The van der Waals surface area contributed by atoms with E-state index >= 15 is 0 Å². The van der Waals surface area contributed by atoms with Crippen LogP contribution in [0.25, 0.3) is 76.5 Å². The molecule has 182 valence electrons. The molecular formula is C31H23N7. The molecule has 7 heteroatoms. The summed E-state index contributed by atoms with van der Waals surface area (Å²) in [5.74, 6) is 2.15. The highest BCUT2D eigenvalue weighted by Gasteiger charge is 2.17. The number of aromatic nitrogens is 7. The first-order chi connectivity index (χ1) is 18.6. The number of nitrogens with zero attached hydrogens (tertiary/aromatic N) is 5. The molecule has 0 unspecified atom stereocenters. The van der Waals surface area contributed by atoms with Gasteiger partial charge in [0, 0.05) is 45.2 Å². The summed E-state index contributed by atoms with van der Waals surface area (Å²) in [6.45, 7) is 6.28. The third-order valence-corrected chi connectivity index (χ3v) is 7.55. The Hall–Kier alpha value is -4.91. The summed E-state index contributed by atoms with van der Waals surface area (Å²) in [6.07, 6.45) is 5.34. The van der Waals surface area contributed by atoms with Gasteiger partial charge >= 0.3 is 0 Å². The zero-order chi connectivity index (χ0) is 25.5. The topological polar surface area (TPSA) is 96.0 Å². The van der Waals surface area contributed by atoms with Gasteiger partial charge in [-0.15, -0.1) is 0 Å². The number of aromatic amines is 2. The Kier molecular flexibility index (Phi) is 4.21. The Morgan fingerprint density at radius 2 is 1.42 bits per heavy atom. The van der Waals surface area contributed by atoms with Gasteiger partial charge in [0.2, 0.25) is 0 Å². The van der Waals surface area contributed by atoms with Gasteiger partial charge in [0.05, 0.1) is 22.1 Å². The molecule has 0 amide bonds. The van der Waals surface area contributed by atoms with Crippen molar-refractivity contribution in [2.75, 3.05) is 0 Å². The SMILES string of the molecule is Cc1nc2c3cccnc3c3cc(-c4ccc5c(c4)c4cncnc4c4nc(C(C)C)[nH]c54)ccc3c2[nH]1. The standard InChI is InChI=1S/C31H23N7/c1-15(2)31-37-28-19-8-6-17(11-22(19)24-13-32-14-34-26(24)30(28)38-31)18-7-9-20-23(12-18)25-21(5-4-10-33-25)29-27(20)35-16(3)36-29/h4-15H,1-3H3,(H,35,36)(H,37,38). The van der Waals surface area contributed by atoms with Crippen molar-refractivity contribution in [1.29, 1.82) is 0 Å². The first-order valence-electron chi connectivity index (χ1n) is 12.8. The molecule has 0 radical (unpaired) electrons.